The molecule has 2 heteroatoms. The van der Waals surface area contributed by atoms with E-state index in [1.807, 2.05) is 32.9 Å². The van der Waals surface area contributed by atoms with Crippen LogP contribution >= 0.6 is 0 Å². The van der Waals surface area contributed by atoms with Crippen LogP contribution in [0, 0.1) is 6.92 Å². The van der Waals surface area contributed by atoms with Gasteiger partial charge in [-0.05, 0) is 38.0 Å². The summed E-state index contributed by atoms with van der Waals surface area (Å²) in [6.45, 7) is 6.76. The van der Waals surface area contributed by atoms with Gasteiger partial charge in [0.1, 0.15) is 0 Å². The van der Waals surface area contributed by atoms with Crippen LogP contribution in [0.25, 0.3) is 0 Å². The molecular formula is C11H17NO. The van der Waals surface area contributed by atoms with E-state index in [0.717, 1.165) is 23.4 Å². The zero-order valence-corrected chi connectivity index (χ0v) is 8.50. The van der Waals surface area contributed by atoms with E-state index < -0.39 is 0 Å². The normalized spacial score (nSPS) is 12.8. The maximum atomic E-state index is 5.80. The summed E-state index contributed by atoms with van der Waals surface area (Å²) < 4.78 is 5.47. The molecule has 2 nitrogen and oxygen atoms in total. The lowest BCUT2D eigenvalue weighted by Gasteiger charge is -2.13. The highest BCUT2D eigenvalue weighted by Crippen LogP contribution is 2.21. The molecule has 2 N–H and O–H groups in total. The number of hydrogen-bond acceptors (Lipinski definition) is 2. The van der Waals surface area contributed by atoms with E-state index in [1.165, 1.54) is 0 Å². The van der Waals surface area contributed by atoms with E-state index >= 15 is 0 Å². The topological polar surface area (TPSA) is 35.2 Å². The summed E-state index contributed by atoms with van der Waals surface area (Å²) in [5, 5.41) is 0. The van der Waals surface area contributed by atoms with Crippen LogP contribution in [0.5, 0.6) is 0 Å². The Morgan fingerprint density at radius 2 is 2.15 bits per heavy atom. The largest absolute Gasteiger partial charge is 0.399 e. The van der Waals surface area contributed by atoms with Gasteiger partial charge < -0.3 is 10.5 Å². The second kappa shape index (κ2) is 4.28. The van der Waals surface area contributed by atoms with Crippen molar-refractivity contribution in [2.24, 2.45) is 0 Å². The highest BCUT2D eigenvalue weighted by atomic mass is 16.5. The molecule has 0 fully saturated rings. The summed E-state index contributed by atoms with van der Waals surface area (Å²) in [6.07, 6.45) is 0.132. The molecule has 0 saturated carbocycles. The quantitative estimate of drug-likeness (QED) is 0.724. The molecule has 0 radical (unpaired) electrons. The van der Waals surface area contributed by atoms with Crippen molar-refractivity contribution in [3.8, 4) is 0 Å². The summed E-state index contributed by atoms with van der Waals surface area (Å²) in [5.41, 5.74) is 8.90. The van der Waals surface area contributed by atoms with E-state index in [1.54, 1.807) is 0 Å². The second-order valence-corrected chi connectivity index (χ2v) is 3.21. The van der Waals surface area contributed by atoms with Gasteiger partial charge in [0, 0.05) is 12.3 Å². The first-order valence-electron chi connectivity index (χ1n) is 4.62. The molecule has 0 bridgehead atoms. The zero-order valence-electron chi connectivity index (χ0n) is 8.50. The fraction of sp³-hybridized carbons (Fsp3) is 0.455. The van der Waals surface area contributed by atoms with Gasteiger partial charge in [-0.25, -0.2) is 0 Å². The molecule has 0 heterocycles. The third-order valence-corrected chi connectivity index (χ3v) is 2.19. The first-order chi connectivity index (χ1) is 6.15. The molecule has 0 aliphatic heterocycles. The van der Waals surface area contributed by atoms with Gasteiger partial charge in [0.15, 0.2) is 0 Å². The van der Waals surface area contributed by atoms with Gasteiger partial charge in [0.2, 0.25) is 0 Å². The standard InChI is InChI=1S/C11H17NO/c1-4-13-9(3)10-6-5-8(2)11(12)7-10/h5-7,9H,4,12H2,1-3H3/t9-/m0/s1. The average Bonchev–Trinajstić information content (AvgIpc) is 2.10. The number of ether oxygens (including phenoxy) is 1. The van der Waals surface area contributed by atoms with Crippen molar-refractivity contribution in [1.82, 2.24) is 0 Å². The first-order valence-corrected chi connectivity index (χ1v) is 4.62. The smallest absolute Gasteiger partial charge is 0.0797 e. The molecule has 0 aromatic heterocycles. The Morgan fingerprint density at radius 1 is 1.46 bits per heavy atom. The van der Waals surface area contributed by atoms with Gasteiger partial charge in [-0.2, -0.15) is 0 Å². The Balaban J connectivity index is 2.84. The maximum absolute atomic E-state index is 5.80. The zero-order chi connectivity index (χ0) is 9.84. The lowest BCUT2D eigenvalue weighted by Crippen LogP contribution is -2.01. The number of aryl methyl sites for hydroxylation is 1. The number of nitrogens with two attached hydrogens (primary N) is 1. The van der Waals surface area contributed by atoms with E-state index in [2.05, 4.69) is 6.07 Å². The molecule has 13 heavy (non-hydrogen) atoms. The van der Waals surface area contributed by atoms with Gasteiger partial charge >= 0.3 is 0 Å². The van der Waals surface area contributed by atoms with Crippen molar-refractivity contribution in [1.29, 1.82) is 0 Å². The molecule has 1 rings (SSSR count). The van der Waals surface area contributed by atoms with Crippen LogP contribution in [0.2, 0.25) is 0 Å². The number of benzene rings is 1. The van der Waals surface area contributed by atoms with E-state index in [9.17, 15) is 0 Å². The summed E-state index contributed by atoms with van der Waals surface area (Å²) in [4.78, 5) is 0. The Hall–Kier alpha value is -1.02. The number of anilines is 1. The van der Waals surface area contributed by atoms with Crippen molar-refractivity contribution in [2.75, 3.05) is 12.3 Å². The van der Waals surface area contributed by atoms with Crippen molar-refractivity contribution in [3.63, 3.8) is 0 Å². The molecule has 0 amide bonds. The second-order valence-electron chi connectivity index (χ2n) is 3.21. The number of hydrogen-bond donors (Lipinski definition) is 1. The Labute approximate surface area is 79.7 Å². The number of rotatable bonds is 3. The Morgan fingerprint density at radius 3 is 2.69 bits per heavy atom. The van der Waals surface area contributed by atoms with Crippen LogP contribution in [0.1, 0.15) is 31.1 Å². The lowest BCUT2D eigenvalue weighted by atomic mass is 10.1. The highest BCUT2D eigenvalue weighted by Gasteiger charge is 2.05. The summed E-state index contributed by atoms with van der Waals surface area (Å²) >= 11 is 0. The van der Waals surface area contributed by atoms with Crippen LogP contribution in [0.3, 0.4) is 0 Å². The molecule has 72 valence electrons. The van der Waals surface area contributed by atoms with Gasteiger partial charge in [0.25, 0.3) is 0 Å². The molecule has 0 aliphatic carbocycles. The summed E-state index contributed by atoms with van der Waals surface area (Å²) in [6, 6.07) is 6.07. The lowest BCUT2D eigenvalue weighted by molar-refractivity contribution is 0.0764. The molecule has 0 unspecified atom stereocenters. The molecule has 0 aliphatic rings. The van der Waals surface area contributed by atoms with Crippen molar-refractivity contribution < 1.29 is 4.74 Å². The predicted octanol–water partition coefficient (Wildman–Crippen LogP) is 2.67. The minimum atomic E-state index is 0.132. The Kier molecular flexibility index (Phi) is 3.32. The fourth-order valence-corrected chi connectivity index (χ4v) is 1.26. The third kappa shape index (κ3) is 2.46. The molecule has 1 atom stereocenters. The minimum absolute atomic E-state index is 0.132. The van der Waals surface area contributed by atoms with E-state index in [0.29, 0.717) is 0 Å². The van der Waals surface area contributed by atoms with Crippen LogP contribution in [0.15, 0.2) is 18.2 Å². The first kappa shape index (κ1) is 10.1. The van der Waals surface area contributed by atoms with Crippen LogP contribution in [-0.2, 0) is 4.74 Å². The van der Waals surface area contributed by atoms with Crippen LogP contribution < -0.4 is 5.73 Å². The van der Waals surface area contributed by atoms with Crippen molar-refractivity contribution in [2.45, 2.75) is 26.9 Å². The molecule has 1 aromatic carbocycles. The van der Waals surface area contributed by atoms with E-state index in [4.69, 9.17) is 10.5 Å². The minimum Gasteiger partial charge on any atom is -0.399 e. The van der Waals surface area contributed by atoms with Crippen molar-refractivity contribution in [3.05, 3.63) is 29.3 Å². The van der Waals surface area contributed by atoms with Crippen molar-refractivity contribution >= 4 is 5.69 Å². The van der Waals surface area contributed by atoms with Crippen LogP contribution in [0.4, 0.5) is 5.69 Å². The van der Waals surface area contributed by atoms with Gasteiger partial charge in [-0.3, -0.25) is 0 Å². The van der Waals surface area contributed by atoms with Gasteiger partial charge in [-0.1, -0.05) is 12.1 Å². The third-order valence-electron chi connectivity index (χ3n) is 2.19. The number of nitrogen functional groups attached to an aromatic ring is 1. The van der Waals surface area contributed by atoms with Gasteiger partial charge in [-0.15, -0.1) is 0 Å². The highest BCUT2D eigenvalue weighted by molar-refractivity contribution is 5.48. The fourth-order valence-electron chi connectivity index (χ4n) is 1.26. The maximum Gasteiger partial charge on any atom is 0.0797 e. The summed E-state index contributed by atoms with van der Waals surface area (Å²) in [5.74, 6) is 0. The summed E-state index contributed by atoms with van der Waals surface area (Å²) in [7, 11) is 0. The molecular weight excluding hydrogens is 162 g/mol. The van der Waals surface area contributed by atoms with Gasteiger partial charge in [0.05, 0.1) is 6.10 Å². The monoisotopic (exact) mass is 179 g/mol. The van der Waals surface area contributed by atoms with E-state index in [-0.39, 0.29) is 6.10 Å². The average molecular weight is 179 g/mol. The molecule has 0 spiro atoms. The van der Waals surface area contributed by atoms with Crippen LogP contribution in [-0.4, -0.2) is 6.61 Å². The Bertz CT molecular complexity index is 283. The molecule has 0 saturated heterocycles. The molecule has 1 aromatic rings. The predicted molar refractivity (Wildman–Crippen MR) is 55.6 cm³/mol. The SMILES string of the molecule is CCO[C@@H](C)c1ccc(C)c(N)c1.